The third kappa shape index (κ3) is 2.00. The summed E-state index contributed by atoms with van der Waals surface area (Å²) in [4.78, 5) is 2.87. The molecule has 0 radical (unpaired) electrons. The molecule has 0 fully saturated rings. The topological polar surface area (TPSA) is 3.24 Å². The van der Waals surface area contributed by atoms with Gasteiger partial charge in [0.05, 0.1) is 0 Å². The van der Waals surface area contributed by atoms with Crippen molar-refractivity contribution in [1.29, 1.82) is 0 Å². The second-order valence-corrected chi connectivity index (χ2v) is 6.86. The summed E-state index contributed by atoms with van der Waals surface area (Å²) in [5, 5.41) is 1.13. The Bertz CT molecular complexity index is 777. The quantitative estimate of drug-likeness (QED) is 0.636. The first-order valence-electron chi connectivity index (χ1n) is 7.12. The zero-order valence-corrected chi connectivity index (χ0v) is 12.7. The van der Waals surface area contributed by atoms with Crippen LogP contribution in [0.1, 0.15) is 16.0 Å². The monoisotopic (exact) mass is 297 g/mol. The minimum Gasteiger partial charge on any atom is -0.298 e. The zero-order valence-electron chi connectivity index (χ0n) is 11.8. The van der Waals surface area contributed by atoms with Crippen LogP contribution in [0.5, 0.6) is 0 Å². The standard InChI is InChI=1S/C18H16FNS/c1-20-11-14-7-2-4-8-15(14)18(19,12-20)17-10-13-6-3-5-9-16(13)21-17/h2-10H,11-12H2,1H3. The van der Waals surface area contributed by atoms with Gasteiger partial charge in [-0.2, -0.15) is 0 Å². The van der Waals surface area contributed by atoms with E-state index in [4.69, 9.17) is 0 Å². The molecule has 0 N–H and O–H groups in total. The first-order chi connectivity index (χ1) is 10.2. The van der Waals surface area contributed by atoms with Crippen molar-refractivity contribution in [3.8, 4) is 0 Å². The normalized spacial score (nSPS) is 22.4. The molecule has 21 heavy (non-hydrogen) atoms. The van der Waals surface area contributed by atoms with Gasteiger partial charge in [-0.15, -0.1) is 11.3 Å². The molecule has 1 unspecified atom stereocenters. The van der Waals surface area contributed by atoms with Crippen LogP contribution in [0, 0.1) is 0 Å². The summed E-state index contributed by atoms with van der Waals surface area (Å²) in [6, 6.07) is 18.0. The Hall–Kier alpha value is -1.71. The van der Waals surface area contributed by atoms with Gasteiger partial charge in [0.15, 0.2) is 5.67 Å². The minimum atomic E-state index is -1.41. The van der Waals surface area contributed by atoms with Crippen LogP contribution in [-0.2, 0) is 12.2 Å². The molecule has 1 nitrogen and oxygen atoms in total. The minimum absolute atomic E-state index is 0.414. The summed E-state index contributed by atoms with van der Waals surface area (Å²) in [6.07, 6.45) is 0. The van der Waals surface area contributed by atoms with Crippen LogP contribution in [0.4, 0.5) is 4.39 Å². The van der Waals surface area contributed by atoms with Gasteiger partial charge in [-0.05, 0) is 30.1 Å². The summed E-state index contributed by atoms with van der Waals surface area (Å²) in [6.45, 7) is 1.23. The van der Waals surface area contributed by atoms with Crippen LogP contribution in [0.25, 0.3) is 10.1 Å². The van der Waals surface area contributed by atoms with E-state index in [2.05, 4.69) is 17.0 Å². The first kappa shape index (κ1) is 13.0. The largest absolute Gasteiger partial charge is 0.298 e. The van der Waals surface area contributed by atoms with Gasteiger partial charge in [0.2, 0.25) is 0 Å². The van der Waals surface area contributed by atoms with Crippen molar-refractivity contribution < 1.29 is 4.39 Å². The molecule has 3 aromatic rings. The Morgan fingerprint density at radius 2 is 1.86 bits per heavy atom. The van der Waals surface area contributed by atoms with E-state index in [9.17, 15) is 0 Å². The lowest BCUT2D eigenvalue weighted by Gasteiger charge is -2.36. The molecule has 1 aliphatic heterocycles. The maximum atomic E-state index is 16.0. The molecule has 0 amide bonds. The number of thiophene rings is 1. The van der Waals surface area contributed by atoms with E-state index in [-0.39, 0.29) is 0 Å². The van der Waals surface area contributed by atoms with E-state index >= 15 is 4.39 Å². The summed E-state index contributed by atoms with van der Waals surface area (Å²) in [5.41, 5.74) is 0.508. The van der Waals surface area contributed by atoms with Crippen LogP contribution in [0.15, 0.2) is 54.6 Å². The van der Waals surface area contributed by atoms with Crippen LogP contribution in [-0.4, -0.2) is 18.5 Å². The molecule has 4 rings (SSSR count). The number of halogens is 1. The smallest absolute Gasteiger partial charge is 0.183 e. The van der Waals surface area contributed by atoms with Crippen LogP contribution < -0.4 is 0 Å². The lowest BCUT2D eigenvalue weighted by atomic mass is 9.86. The maximum Gasteiger partial charge on any atom is 0.183 e. The Morgan fingerprint density at radius 1 is 1.10 bits per heavy atom. The first-order valence-corrected chi connectivity index (χ1v) is 7.93. The van der Waals surface area contributed by atoms with Gasteiger partial charge in [-0.25, -0.2) is 4.39 Å². The van der Waals surface area contributed by atoms with Gasteiger partial charge in [-0.1, -0.05) is 42.5 Å². The van der Waals surface area contributed by atoms with E-state index < -0.39 is 5.67 Å². The average molecular weight is 297 g/mol. The van der Waals surface area contributed by atoms with Crippen molar-refractivity contribution in [2.75, 3.05) is 13.6 Å². The van der Waals surface area contributed by atoms with Crippen LogP contribution >= 0.6 is 11.3 Å². The van der Waals surface area contributed by atoms with Crippen LogP contribution in [0.3, 0.4) is 0 Å². The molecule has 0 saturated carbocycles. The Labute approximate surface area is 127 Å². The fraction of sp³-hybridized carbons (Fsp3) is 0.222. The Balaban J connectivity index is 1.93. The highest BCUT2D eigenvalue weighted by atomic mass is 32.1. The van der Waals surface area contributed by atoms with Gasteiger partial charge < -0.3 is 0 Å². The fourth-order valence-electron chi connectivity index (χ4n) is 3.24. The molecule has 1 aliphatic rings. The van der Waals surface area contributed by atoms with Gasteiger partial charge in [0, 0.05) is 28.2 Å². The van der Waals surface area contributed by atoms with E-state index in [1.807, 2.05) is 49.5 Å². The van der Waals surface area contributed by atoms with Crippen LogP contribution in [0.2, 0.25) is 0 Å². The SMILES string of the molecule is CN1Cc2ccccc2C(F)(c2cc3ccccc3s2)C1. The lowest BCUT2D eigenvalue weighted by molar-refractivity contribution is 0.124. The number of hydrogen-bond acceptors (Lipinski definition) is 2. The molecule has 0 saturated heterocycles. The van der Waals surface area contributed by atoms with E-state index in [1.54, 1.807) is 11.3 Å². The highest BCUT2D eigenvalue weighted by Gasteiger charge is 2.41. The van der Waals surface area contributed by atoms with E-state index in [0.29, 0.717) is 6.54 Å². The lowest BCUT2D eigenvalue weighted by Crippen LogP contribution is -2.41. The molecule has 1 aromatic heterocycles. The third-order valence-corrected chi connectivity index (χ3v) is 5.44. The van der Waals surface area contributed by atoms with Crippen molar-refractivity contribution in [3.63, 3.8) is 0 Å². The Kier molecular flexibility index (Phi) is 2.88. The predicted molar refractivity (Wildman–Crippen MR) is 86.5 cm³/mol. The molecule has 0 aliphatic carbocycles. The molecular formula is C18H16FNS. The number of rotatable bonds is 1. The second-order valence-electron chi connectivity index (χ2n) is 5.78. The van der Waals surface area contributed by atoms with Crippen molar-refractivity contribution in [2.24, 2.45) is 0 Å². The fourth-order valence-corrected chi connectivity index (χ4v) is 4.39. The number of alkyl halides is 1. The summed E-state index contributed by atoms with van der Waals surface area (Å²) >= 11 is 1.57. The van der Waals surface area contributed by atoms with Crippen molar-refractivity contribution in [2.45, 2.75) is 12.2 Å². The van der Waals surface area contributed by atoms with Gasteiger partial charge in [0.25, 0.3) is 0 Å². The average Bonchev–Trinajstić information content (AvgIpc) is 2.91. The highest BCUT2D eigenvalue weighted by Crippen LogP contribution is 2.44. The number of nitrogens with zero attached hydrogens (tertiary/aromatic N) is 1. The third-order valence-electron chi connectivity index (χ3n) is 4.19. The van der Waals surface area contributed by atoms with Crippen molar-refractivity contribution in [1.82, 2.24) is 4.90 Å². The summed E-state index contributed by atoms with van der Waals surface area (Å²) in [5.74, 6) is 0. The molecule has 1 atom stereocenters. The number of benzene rings is 2. The molecule has 2 heterocycles. The maximum absolute atomic E-state index is 16.0. The predicted octanol–water partition coefficient (Wildman–Crippen LogP) is 4.56. The summed E-state index contributed by atoms with van der Waals surface area (Å²) in [7, 11) is 1.98. The summed E-state index contributed by atoms with van der Waals surface area (Å²) < 4.78 is 17.1. The zero-order chi connectivity index (χ0) is 14.4. The molecule has 2 aromatic carbocycles. The Morgan fingerprint density at radius 3 is 2.71 bits per heavy atom. The number of hydrogen-bond donors (Lipinski definition) is 0. The van der Waals surface area contributed by atoms with E-state index in [1.165, 1.54) is 0 Å². The molecule has 3 heteroatoms. The van der Waals surface area contributed by atoms with Gasteiger partial charge >= 0.3 is 0 Å². The van der Waals surface area contributed by atoms with Crippen molar-refractivity contribution >= 4 is 21.4 Å². The highest BCUT2D eigenvalue weighted by molar-refractivity contribution is 7.19. The molecular weight excluding hydrogens is 281 g/mol. The van der Waals surface area contributed by atoms with E-state index in [0.717, 1.165) is 32.6 Å². The number of fused-ring (bicyclic) bond motifs is 2. The molecule has 106 valence electrons. The second kappa shape index (κ2) is 4.65. The molecule has 0 spiro atoms. The van der Waals surface area contributed by atoms with Gasteiger partial charge in [-0.3, -0.25) is 4.90 Å². The van der Waals surface area contributed by atoms with Crippen molar-refractivity contribution in [3.05, 3.63) is 70.6 Å². The molecule has 0 bridgehead atoms. The number of likely N-dealkylation sites (N-methyl/N-ethyl adjacent to an activating group) is 1. The van der Waals surface area contributed by atoms with Gasteiger partial charge in [0.1, 0.15) is 0 Å².